The summed E-state index contributed by atoms with van der Waals surface area (Å²) in [5, 5.41) is 9.38. The molecule has 0 saturated heterocycles. The van der Waals surface area contributed by atoms with Crippen molar-refractivity contribution in [2.75, 3.05) is 6.61 Å². The van der Waals surface area contributed by atoms with Crippen LogP contribution in [0.2, 0.25) is 0 Å². The van der Waals surface area contributed by atoms with Crippen molar-refractivity contribution in [2.45, 2.75) is 39.0 Å². The molecule has 1 aromatic carbocycles. The number of benzene rings is 1. The average Bonchev–Trinajstić information content (AvgIpc) is 3.19. The average molecular weight is 406 g/mol. The predicted molar refractivity (Wildman–Crippen MR) is 87.2 cm³/mol. The van der Waals surface area contributed by atoms with E-state index in [9.17, 15) is 14.3 Å². The predicted octanol–water partition coefficient (Wildman–Crippen LogP) is 4.43. The van der Waals surface area contributed by atoms with Gasteiger partial charge in [-0.25, -0.2) is 4.39 Å². The molecule has 21 heavy (non-hydrogen) atoms. The zero-order valence-electron chi connectivity index (χ0n) is 12.2. The van der Waals surface area contributed by atoms with Crippen LogP contribution in [0.3, 0.4) is 0 Å². The highest BCUT2D eigenvalue weighted by Gasteiger charge is 2.27. The van der Waals surface area contributed by atoms with Crippen LogP contribution in [0.5, 0.6) is 5.75 Å². The van der Waals surface area contributed by atoms with Crippen LogP contribution in [0.25, 0.3) is 0 Å². The number of ether oxygens (including phenoxy) is 1. The summed E-state index contributed by atoms with van der Waals surface area (Å²) in [4.78, 5) is 11.5. The Kier molecular flexibility index (Phi) is 5.46. The first-order chi connectivity index (χ1) is 9.88. The molecule has 1 aromatic rings. The monoisotopic (exact) mass is 406 g/mol. The van der Waals surface area contributed by atoms with Gasteiger partial charge in [0.2, 0.25) is 0 Å². The van der Waals surface area contributed by atoms with E-state index in [-0.39, 0.29) is 11.5 Å². The van der Waals surface area contributed by atoms with Crippen molar-refractivity contribution in [1.29, 1.82) is 0 Å². The highest BCUT2D eigenvalue weighted by molar-refractivity contribution is 14.1. The molecule has 1 atom stereocenters. The largest absolute Gasteiger partial charge is 0.492 e. The number of hydrogen-bond acceptors (Lipinski definition) is 2. The number of hydrogen-bond donors (Lipinski definition) is 1. The maximum Gasteiger partial charge on any atom is 0.311 e. The third-order valence-corrected chi connectivity index (χ3v) is 4.45. The molecule has 0 heterocycles. The Morgan fingerprint density at radius 3 is 2.67 bits per heavy atom. The van der Waals surface area contributed by atoms with Crippen LogP contribution in [0, 0.1) is 21.2 Å². The highest BCUT2D eigenvalue weighted by Crippen LogP contribution is 2.34. The second-order valence-corrected chi connectivity index (χ2v) is 7.24. The van der Waals surface area contributed by atoms with E-state index in [0.29, 0.717) is 28.3 Å². The Morgan fingerprint density at radius 1 is 1.48 bits per heavy atom. The van der Waals surface area contributed by atoms with Gasteiger partial charge < -0.3 is 9.84 Å². The van der Waals surface area contributed by atoms with Gasteiger partial charge in [0.25, 0.3) is 0 Å². The lowest BCUT2D eigenvalue weighted by Crippen LogP contribution is -2.16. The van der Waals surface area contributed by atoms with E-state index in [2.05, 4.69) is 0 Å². The molecule has 1 N–H and O–H groups in total. The SMILES string of the molecule is CC(C)CC(C(=O)O)c1cc(OCC2CC2)c(I)cc1F. The Morgan fingerprint density at radius 2 is 2.14 bits per heavy atom. The van der Waals surface area contributed by atoms with Gasteiger partial charge in [-0.15, -0.1) is 0 Å². The zero-order valence-corrected chi connectivity index (χ0v) is 14.4. The molecule has 116 valence electrons. The first-order valence-electron chi connectivity index (χ1n) is 7.23. The lowest BCUT2D eigenvalue weighted by atomic mass is 9.90. The minimum Gasteiger partial charge on any atom is -0.492 e. The van der Waals surface area contributed by atoms with E-state index >= 15 is 0 Å². The summed E-state index contributed by atoms with van der Waals surface area (Å²) >= 11 is 2.02. The molecule has 1 unspecified atom stereocenters. The fraction of sp³-hybridized carbons (Fsp3) is 0.562. The molecule has 0 aromatic heterocycles. The van der Waals surface area contributed by atoms with Crippen LogP contribution in [0.4, 0.5) is 4.39 Å². The number of carboxylic acid groups (broad SMARTS) is 1. The van der Waals surface area contributed by atoms with Crippen molar-refractivity contribution in [3.8, 4) is 5.75 Å². The molecule has 1 aliphatic rings. The van der Waals surface area contributed by atoms with E-state index in [1.54, 1.807) is 6.07 Å². The number of carboxylic acids is 1. The number of carbonyl (C=O) groups is 1. The quantitative estimate of drug-likeness (QED) is 0.682. The fourth-order valence-electron chi connectivity index (χ4n) is 2.25. The van der Waals surface area contributed by atoms with Gasteiger partial charge in [-0.2, -0.15) is 0 Å². The number of aliphatic carboxylic acids is 1. The summed E-state index contributed by atoms with van der Waals surface area (Å²) in [5.41, 5.74) is 0.224. The molecule has 0 amide bonds. The summed E-state index contributed by atoms with van der Waals surface area (Å²) < 4.78 is 20.6. The molecule has 0 bridgehead atoms. The van der Waals surface area contributed by atoms with Gasteiger partial charge in [0.15, 0.2) is 0 Å². The Bertz CT molecular complexity index is 526. The van der Waals surface area contributed by atoms with Crippen LogP contribution in [-0.4, -0.2) is 17.7 Å². The fourth-order valence-corrected chi connectivity index (χ4v) is 2.83. The molecular formula is C16H20FIO3. The van der Waals surface area contributed by atoms with E-state index in [1.165, 1.54) is 18.9 Å². The maximum atomic E-state index is 14.2. The summed E-state index contributed by atoms with van der Waals surface area (Å²) in [6, 6.07) is 2.94. The van der Waals surface area contributed by atoms with Crippen molar-refractivity contribution >= 4 is 28.6 Å². The second-order valence-electron chi connectivity index (χ2n) is 6.08. The second kappa shape index (κ2) is 6.94. The summed E-state index contributed by atoms with van der Waals surface area (Å²) in [7, 11) is 0. The maximum absolute atomic E-state index is 14.2. The Hall–Kier alpha value is -0.850. The van der Waals surface area contributed by atoms with Crippen molar-refractivity contribution < 1.29 is 19.0 Å². The third-order valence-electron chi connectivity index (χ3n) is 3.60. The van der Waals surface area contributed by atoms with Gasteiger partial charge in [-0.05, 0) is 65.8 Å². The van der Waals surface area contributed by atoms with Crippen molar-refractivity contribution in [3.05, 3.63) is 27.1 Å². The molecule has 3 nitrogen and oxygen atoms in total. The van der Waals surface area contributed by atoms with Gasteiger partial charge in [0, 0.05) is 5.56 Å². The molecule has 2 rings (SSSR count). The molecule has 0 aliphatic heterocycles. The molecule has 5 heteroatoms. The summed E-state index contributed by atoms with van der Waals surface area (Å²) in [5.74, 6) is -0.914. The van der Waals surface area contributed by atoms with Gasteiger partial charge in [-0.1, -0.05) is 13.8 Å². The van der Waals surface area contributed by atoms with Gasteiger partial charge in [0.1, 0.15) is 11.6 Å². The van der Waals surface area contributed by atoms with Crippen molar-refractivity contribution in [2.24, 2.45) is 11.8 Å². The lowest BCUT2D eigenvalue weighted by molar-refractivity contribution is -0.139. The Labute approximate surface area is 138 Å². The van der Waals surface area contributed by atoms with Crippen LogP contribution in [0.1, 0.15) is 44.6 Å². The van der Waals surface area contributed by atoms with Crippen LogP contribution < -0.4 is 4.74 Å². The molecule has 1 aliphatic carbocycles. The van der Waals surface area contributed by atoms with E-state index in [0.717, 1.165) is 0 Å². The van der Waals surface area contributed by atoms with Crippen LogP contribution in [0.15, 0.2) is 12.1 Å². The first-order valence-corrected chi connectivity index (χ1v) is 8.31. The Balaban J connectivity index is 2.26. The number of halogens is 2. The standard InChI is InChI=1S/C16H20FIO3/c1-9(2)5-12(16(19)20)11-6-15(14(18)7-13(11)17)21-8-10-3-4-10/h6-7,9-10,12H,3-5,8H2,1-2H3,(H,19,20). The smallest absolute Gasteiger partial charge is 0.311 e. The normalized spacial score (nSPS) is 16.0. The van der Waals surface area contributed by atoms with Crippen molar-refractivity contribution in [3.63, 3.8) is 0 Å². The molecule has 1 fully saturated rings. The first kappa shape index (κ1) is 16.5. The van der Waals surface area contributed by atoms with Crippen LogP contribution >= 0.6 is 22.6 Å². The van der Waals surface area contributed by atoms with E-state index < -0.39 is 17.7 Å². The molecule has 1 saturated carbocycles. The third kappa shape index (κ3) is 4.56. The topological polar surface area (TPSA) is 46.5 Å². The molecule has 0 spiro atoms. The minimum atomic E-state index is -0.989. The van der Waals surface area contributed by atoms with Crippen molar-refractivity contribution in [1.82, 2.24) is 0 Å². The van der Waals surface area contributed by atoms with E-state index in [1.807, 2.05) is 36.4 Å². The zero-order chi connectivity index (χ0) is 15.6. The number of rotatable bonds is 7. The van der Waals surface area contributed by atoms with E-state index in [4.69, 9.17) is 4.74 Å². The minimum absolute atomic E-state index is 0.181. The van der Waals surface area contributed by atoms with Gasteiger partial charge in [-0.3, -0.25) is 4.79 Å². The summed E-state index contributed by atoms with van der Waals surface area (Å²) in [6.45, 7) is 4.50. The lowest BCUT2D eigenvalue weighted by Gasteiger charge is -2.18. The highest BCUT2D eigenvalue weighted by atomic mass is 127. The van der Waals surface area contributed by atoms with Gasteiger partial charge in [0.05, 0.1) is 16.1 Å². The summed E-state index contributed by atoms with van der Waals surface area (Å²) in [6.07, 6.45) is 2.76. The van der Waals surface area contributed by atoms with Gasteiger partial charge >= 0.3 is 5.97 Å². The van der Waals surface area contributed by atoms with Crippen LogP contribution in [-0.2, 0) is 4.79 Å². The molecular weight excluding hydrogens is 386 g/mol. The molecule has 0 radical (unpaired) electrons.